The van der Waals surface area contributed by atoms with Gasteiger partial charge in [0.1, 0.15) is 31.9 Å². The molecule has 0 spiro atoms. The molecule has 0 radical (unpaired) electrons. The molecule has 1 atom stereocenters. The topological polar surface area (TPSA) is 61.7 Å². The summed E-state index contributed by atoms with van der Waals surface area (Å²) in [5.41, 5.74) is 1.26. The van der Waals surface area contributed by atoms with E-state index in [9.17, 15) is 0 Å². The molecule has 2 heterocycles. The van der Waals surface area contributed by atoms with Gasteiger partial charge in [0.15, 0.2) is 6.04 Å². The lowest BCUT2D eigenvalue weighted by molar-refractivity contribution is -1.02. The van der Waals surface area contributed by atoms with Crippen LogP contribution in [-0.2, 0) is 6.54 Å². The van der Waals surface area contributed by atoms with E-state index in [4.69, 9.17) is 4.74 Å². The van der Waals surface area contributed by atoms with Crippen LogP contribution >= 0.6 is 0 Å². The van der Waals surface area contributed by atoms with Crippen molar-refractivity contribution in [2.24, 2.45) is 5.92 Å². The largest absolute Gasteiger partial charge is 0.494 e. The summed E-state index contributed by atoms with van der Waals surface area (Å²) in [6, 6.07) is 8.64. The Morgan fingerprint density at radius 3 is 2.44 bits per heavy atom. The van der Waals surface area contributed by atoms with Gasteiger partial charge in [0.25, 0.3) is 0 Å². The SMILES string of the molecule is CCOc1ccc([C@@H](c2nnnn2CCC(C)C)[NH+]2CC[NH+](C)CC2)cc1. The molecule has 7 nitrogen and oxygen atoms in total. The zero-order valence-electron chi connectivity index (χ0n) is 17.1. The van der Waals surface area contributed by atoms with Gasteiger partial charge in [-0.3, -0.25) is 0 Å². The molecule has 1 aromatic heterocycles. The van der Waals surface area contributed by atoms with E-state index in [1.54, 1.807) is 9.80 Å². The van der Waals surface area contributed by atoms with E-state index >= 15 is 0 Å². The number of aromatic nitrogens is 4. The molecule has 0 bridgehead atoms. The van der Waals surface area contributed by atoms with Gasteiger partial charge in [-0.05, 0) is 54.0 Å². The summed E-state index contributed by atoms with van der Waals surface area (Å²) in [7, 11) is 2.27. The van der Waals surface area contributed by atoms with E-state index in [-0.39, 0.29) is 6.04 Å². The van der Waals surface area contributed by atoms with Gasteiger partial charge in [-0.1, -0.05) is 13.8 Å². The first-order valence-electron chi connectivity index (χ1n) is 10.2. The summed E-state index contributed by atoms with van der Waals surface area (Å²) in [6.45, 7) is 12.6. The minimum atomic E-state index is 0.163. The van der Waals surface area contributed by atoms with E-state index in [2.05, 4.69) is 60.7 Å². The maximum Gasteiger partial charge on any atom is 0.214 e. The maximum atomic E-state index is 5.62. The molecular weight excluding hydrogens is 340 g/mol. The second kappa shape index (κ2) is 9.28. The normalized spacial score (nSPS) is 21.4. The van der Waals surface area contributed by atoms with Crippen molar-refractivity contribution >= 4 is 0 Å². The zero-order chi connectivity index (χ0) is 19.2. The number of ether oxygens (including phenoxy) is 1. The molecule has 1 saturated heterocycles. The highest BCUT2D eigenvalue weighted by atomic mass is 16.5. The van der Waals surface area contributed by atoms with Gasteiger partial charge in [0, 0.05) is 12.1 Å². The van der Waals surface area contributed by atoms with E-state index < -0.39 is 0 Å². The number of nitrogens with zero attached hydrogens (tertiary/aromatic N) is 4. The monoisotopic (exact) mass is 374 g/mol. The Hall–Kier alpha value is -1.99. The predicted molar refractivity (Wildman–Crippen MR) is 104 cm³/mol. The van der Waals surface area contributed by atoms with E-state index in [0.717, 1.165) is 37.6 Å². The van der Waals surface area contributed by atoms with Crippen LogP contribution in [0, 0.1) is 5.92 Å². The smallest absolute Gasteiger partial charge is 0.214 e. The van der Waals surface area contributed by atoms with Crippen LogP contribution in [0.1, 0.15) is 44.6 Å². The van der Waals surface area contributed by atoms with Crippen LogP contribution in [0.3, 0.4) is 0 Å². The van der Waals surface area contributed by atoms with Crippen LogP contribution in [0.4, 0.5) is 0 Å². The fourth-order valence-electron chi connectivity index (χ4n) is 3.74. The maximum absolute atomic E-state index is 5.62. The zero-order valence-corrected chi connectivity index (χ0v) is 17.1. The molecule has 2 aromatic rings. The average molecular weight is 375 g/mol. The number of hydrogen-bond acceptors (Lipinski definition) is 4. The molecule has 1 aliphatic heterocycles. The first-order chi connectivity index (χ1) is 13.1. The molecule has 7 heteroatoms. The van der Waals surface area contributed by atoms with Crippen molar-refractivity contribution in [2.45, 2.75) is 39.8 Å². The standard InChI is InChI=1S/C20H32N6O/c1-5-27-18-8-6-17(7-9-18)19(25-14-12-24(4)13-15-25)20-21-22-23-26(20)11-10-16(2)3/h6-9,16,19H,5,10-15H2,1-4H3/p+2/t19-/m0/s1. The van der Waals surface area contributed by atoms with Gasteiger partial charge in [-0.2, -0.15) is 0 Å². The third kappa shape index (κ3) is 5.05. The van der Waals surface area contributed by atoms with Gasteiger partial charge in [-0.15, -0.1) is 5.10 Å². The predicted octanol–water partition coefficient (Wildman–Crippen LogP) is -0.379. The summed E-state index contributed by atoms with van der Waals surface area (Å²) >= 11 is 0. The Bertz CT molecular complexity index is 691. The van der Waals surface area contributed by atoms with Crippen molar-refractivity contribution in [1.29, 1.82) is 0 Å². The quantitative estimate of drug-likeness (QED) is 0.661. The van der Waals surface area contributed by atoms with Crippen molar-refractivity contribution in [1.82, 2.24) is 20.2 Å². The molecule has 3 rings (SSSR count). The van der Waals surface area contributed by atoms with Crippen molar-refractivity contribution in [3.8, 4) is 5.75 Å². The highest BCUT2D eigenvalue weighted by Gasteiger charge is 2.34. The summed E-state index contributed by atoms with van der Waals surface area (Å²) < 4.78 is 7.64. The van der Waals surface area contributed by atoms with E-state index in [1.807, 2.05) is 11.6 Å². The molecule has 0 unspecified atom stereocenters. The lowest BCUT2D eigenvalue weighted by Crippen LogP contribution is -3.27. The molecule has 1 fully saturated rings. The summed E-state index contributed by atoms with van der Waals surface area (Å²) in [6.07, 6.45) is 1.08. The molecular formula is C20H34N6O+2. The third-order valence-electron chi connectivity index (χ3n) is 5.41. The van der Waals surface area contributed by atoms with Crippen LogP contribution in [0.25, 0.3) is 0 Å². The lowest BCUT2D eigenvalue weighted by Gasteiger charge is -2.33. The van der Waals surface area contributed by atoms with Gasteiger partial charge in [0.2, 0.25) is 5.82 Å². The van der Waals surface area contributed by atoms with Crippen molar-refractivity contribution < 1.29 is 14.5 Å². The van der Waals surface area contributed by atoms with Crippen LogP contribution in [-0.4, -0.2) is 60.0 Å². The molecule has 0 amide bonds. The number of quaternary nitrogens is 2. The van der Waals surface area contributed by atoms with Crippen molar-refractivity contribution in [3.05, 3.63) is 35.7 Å². The van der Waals surface area contributed by atoms with Crippen LogP contribution in [0.2, 0.25) is 0 Å². The highest BCUT2D eigenvalue weighted by Crippen LogP contribution is 2.21. The minimum absolute atomic E-state index is 0.163. The highest BCUT2D eigenvalue weighted by molar-refractivity contribution is 5.30. The molecule has 0 saturated carbocycles. The van der Waals surface area contributed by atoms with Gasteiger partial charge in [0.05, 0.1) is 13.7 Å². The molecule has 1 aliphatic rings. The fourth-order valence-corrected chi connectivity index (χ4v) is 3.74. The van der Waals surface area contributed by atoms with E-state index in [1.165, 1.54) is 18.7 Å². The average Bonchev–Trinajstić information content (AvgIpc) is 3.11. The summed E-state index contributed by atoms with van der Waals surface area (Å²) in [5.74, 6) is 2.53. The molecule has 27 heavy (non-hydrogen) atoms. The number of nitrogens with one attached hydrogen (secondary N) is 2. The van der Waals surface area contributed by atoms with E-state index in [0.29, 0.717) is 12.5 Å². The number of hydrogen-bond donors (Lipinski definition) is 2. The summed E-state index contributed by atoms with van der Waals surface area (Å²) in [4.78, 5) is 3.15. The van der Waals surface area contributed by atoms with Crippen LogP contribution < -0.4 is 14.5 Å². The number of rotatable bonds is 8. The van der Waals surface area contributed by atoms with Crippen LogP contribution in [0.5, 0.6) is 5.75 Å². The molecule has 1 aromatic carbocycles. The Morgan fingerprint density at radius 2 is 1.81 bits per heavy atom. The van der Waals surface area contributed by atoms with Crippen molar-refractivity contribution in [3.63, 3.8) is 0 Å². The fraction of sp³-hybridized carbons (Fsp3) is 0.650. The second-order valence-corrected chi connectivity index (χ2v) is 7.99. The first kappa shape index (κ1) is 19.8. The lowest BCUT2D eigenvalue weighted by atomic mass is 10.0. The number of tetrazole rings is 1. The minimum Gasteiger partial charge on any atom is -0.494 e. The number of likely N-dealkylation sites (N-methyl/N-ethyl adjacent to an activating group) is 1. The van der Waals surface area contributed by atoms with Crippen LogP contribution in [0.15, 0.2) is 24.3 Å². The van der Waals surface area contributed by atoms with Gasteiger partial charge < -0.3 is 14.5 Å². The first-order valence-corrected chi connectivity index (χ1v) is 10.2. The summed E-state index contributed by atoms with van der Waals surface area (Å²) in [5, 5.41) is 12.8. The molecule has 2 N–H and O–H groups in total. The van der Waals surface area contributed by atoms with Gasteiger partial charge in [-0.25, -0.2) is 4.68 Å². The molecule has 0 aliphatic carbocycles. The Kier molecular flexibility index (Phi) is 6.79. The van der Waals surface area contributed by atoms with Crippen molar-refractivity contribution in [2.75, 3.05) is 39.8 Å². The molecule has 148 valence electrons. The Labute approximate surface area is 162 Å². The Morgan fingerprint density at radius 1 is 1.11 bits per heavy atom. The number of aryl methyl sites for hydroxylation is 1. The third-order valence-corrected chi connectivity index (χ3v) is 5.41. The number of piperazine rings is 1. The van der Waals surface area contributed by atoms with Gasteiger partial charge >= 0.3 is 0 Å². The second-order valence-electron chi connectivity index (χ2n) is 7.99. The number of benzene rings is 1. The Balaban J connectivity index is 1.89.